The molecule has 60 valence electrons. The molecule has 1 atom stereocenters. The maximum absolute atomic E-state index is 10.6. The van der Waals surface area contributed by atoms with Crippen LogP contribution >= 0.6 is 0 Å². The number of nitrogens with one attached hydrogen (secondary N) is 1. The zero-order valence-electron chi connectivity index (χ0n) is 6.26. The standard InChI is InChI=1S/C6H15N3O/c1-9-5(6(8)10)3-2-4-7/h5,9H,2-4,7H2,1H3,(H2,8,10)/t5-/m0/s1. The van der Waals surface area contributed by atoms with Crippen molar-refractivity contribution in [1.82, 2.24) is 5.32 Å². The van der Waals surface area contributed by atoms with Gasteiger partial charge in [0.15, 0.2) is 0 Å². The third kappa shape index (κ3) is 3.42. The predicted molar refractivity (Wildman–Crippen MR) is 40.3 cm³/mol. The Morgan fingerprint density at radius 3 is 2.60 bits per heavy atom. The summed E-state index contributed by atoms with van der Waals surface area (Å²) in [5, 5.41) is 2.81. The average molecular weight is 145 g/mol. The van der Waals surface area contributed by atoms with Crippen molar-refractivity contribution in [2.45, 2.75) is 18.9 Å². The van der Waals surface area contributed by atoms with Crippen molar-refractivity contribution < 1.29 is 4.79 Å². The Morgan fingerprint density at radius 2 is 2.30 bits per heavy atom. The fourth-order valence-corrected chi connectivity index (χ4v) is 0.751. The maximum Gasteiger partial charge on any atom is 0.234 e. The van der Waals surface area contributed by atoms with E-state index in [1.807, 2.05) is 0 Å². The first-order valence-corrected chi connectivity index (χ1v) is 3.39. The minimum absolute atomic E-state index is 0.219. The van der Waals surface area contributed by atoms with Gasteiger partial charge in [0.1, 0.15) is 0 Å². The van der Waals surface area contributed by atoms with Crippen LogP contribution in [0.4, 0.5) is 0 Å². The lowest BCUT2D eigenvalue weighted by molar-refractivity contribution is -0.120. The Hall–Kier alpha value is -0.610. The maximum atomic E-state index is 10.6. The molecule has 0 aliphatic rings. The normalized spacial score (nSPS) is 13.0. The number of amides is 1. The van der Waals surface area contributed by atoms with Crippen molar-refractivity contribution in [3.63, 3.8) is 0 Å². The second-order valence-corrected chi connectivity index (χ2v) is 2.17. The highest BCUT2D eigenvalue weighted by Gasteiger charge is 2.10. The fraction of sp³-hybridized carbons (Fsp3) is 0.833. The first-order valence-electron chi connectivity index (χ1n) is 3.39. The number of nitrogens with two attached hydrogens (primary N) is 2. The molecule has 0 aromatic carbocycles. The topological polar surface area (TPSA) is 81.1 Å². The summed E-state index contributed by atoms with van der Waals surface area (Å²) in [6.45, 7) is 0.603. The summed E-state index contributed by atoms with van der Waals surface area (Å²) < 4.78 is 0. The zero-order chi connectivity index (χ0) is 7.98. The molecule has 0 radical (unpaired) electrons. The summed E-state index contributed by atoms with van der Waals surface area (Å²) in [6.07, 6.45) is 1.55. The molecule has 0 saturated carbocycles. The van der Waals surface area contributed by atoms with E-state index in [-0.39, 0.29) is 11.9 Å². The second kappa shape index (κ2) is 5.20. The molecule has 4 heteroatoms. The molecule has 0 heterocycles. The average Bonchev–Trinajstić information content (AvgIpc) is 1.89. The summed E-state index contributed by atoms with van der Waals surface area (Å²) in [7, 11) is 1.71. The lowest BCUT2D eigenvalue weighted by Crippen LogP contribution is -2.39. The smallest absolute Gasteiger partial charge is 0.234 e. The van der Waals surface area contributed by atoms with Crippen LogP contribution in [-0.4, -0.2) is 25.5 Å². The van der Waals surface area contributed by atoms with E-state index in [9.17, 15) is 4.79 Å². The molecule has 4 nitrogen and oxygen atoms in total. The van der Waals surface area contributed by atoms with Crippen LogP contribution in [0.15, 0.2) is 0 Å². The minimum atomic E-state index is -0.309. The number of rotatable bonds is 5. The van der Waals surface area contributed by atoms with Crippen LogP contribution in [0.3, 0.4) is 0 Å². The molecule has 10 heavy (non-hydrogen) atoms. The third-order valence-electron chi connectivity index (χ3n) is 1.39. The third-order valence-corrected chi connectivity index (χ3v) is 1.39. The van der Waals surface area contributed by atoms with E-state index in [2.05, 4.69) is 5.32 Å². The van der Waals surface area contributed by atoms with E-state index >= 15 is 0 Å². The molecule has 0 unspecified atom stereocenters. The summed E-state index contributed by atoms with van der Waals surface area (Å²) in [5.74, 6) is -0.309. The fourth-order valence-electron chi connectivity index (χ4n) is 0.751. The van der Waals surface area contributed by atoms with Gasteiger partial charge in [-0.15, -0.1) is 0 Å². The molecule has 0 aromatic heterocycles. The first-order chi connectivity index (χ1) is 4.72. The van der Waals surface area contributed by atoms with E-state index in [0.717, 1.165) is 12.8 Å². The lowest BCUT2D eigenvalue weighted by Gasteiger charge is -2.09. The van der Waals surface area contributed by atoms with Gasteiger partial charge in [-0.2, -0.15) is 0 Å². The molecule has 0 aromatic rings. The van der Waals surface area contributed by atoms with Crippen LogP contribution < -0.4 is 16.8 Å². The molecular weight excluding hydrogens is 130 g/mol. The van der Waals surface area contributed by atoms with Crippen molar-refractivity contribution in [1.29, 1.82) is 0 Å². The van der Waals surface area contributed by atoms with Crippen LogP contribution in [0.2, 0.25) is 0 Å². The van der Waals surface area contributed by atoms with Gasteiger partial charge < -0.3 is 16.8 Å². The molecular formula is C6H15N3O. The van der Waals surface area contributed by atoms with Gasteiger partial charge in [-0.3, -0.25) is 4.79 Å². The number of carbonyl (C=O) groups excluding carboxylic acids is 1. The Bertz CT molecular complexity index is 105. The lowest BCUT2D eigenvalue weighted by atomic mass is 10.1. The van der Waals surface area contributed by atoms with Gasteiger partial charge in [-0.1, -0.05) is 0 Å². The molecule has 0 aliphatic carbocycles. The van der Waals surface area contributed by atoms with E-state index in [1.165, 1.54) is 0 Å². The number of hydrogen-bond acceptors (Lipinski definition) is 3. The monoisotopic (exact) mass is 145 g/mol. The van der Waals surface area contributed by atoms with Crippen molar-refractivity contribution in [3.8, 4) is 0 Å². The second-order valence-electron chi connectivity index (χ2n) is 2.17. The Kier molecular flexibility index (Phi) is 4.88. The highest BCUT2D eigenvalue weighted by molar-refractivity contribution is 5.79. The Balaban J connectivity index is 3.50. The Morgan fingerprint density at radius 1 is 1.70 bits per heavy atom. The van der Waals surface area contributed by atoms with Crippen LogP contribution in [-0.2, 0) is 4.79 Å². The van der Waals surface area contributed by atoms with E-state index in [4.69, 9.17) is 11.5 Å². The van der Waals surface area contributed by atoms with Gasteiger partial charge in [0, 0.05) is 0 Å². The van der Waals surface area contributed by atoms with Crippen LogP contribution in [0.1, 0.15) is 12.8 Å². The highest BCUT2D eigenvalue weighted by Crippen LogP contribution is 1.93. The molecule has 0 bridgehead atoms. The molecule has 0 aliphatic heterocycles. The summed E-state index contributed by atoms with van der Waals surface area (Å²) in [4.78, 5) is 10.6. The summed E-state index contributed by atoms with van der Waals surface area (Å²) in [6, 6.07) is -0.219. The molecule has 1 amide bonds. The largest absolute Gasteiger partial charge is 0.368 e. The van der Waals surface area contributed by atoms with Gasteiger partial charge in [-0.05, 0) is 26.4 Å². The molecule has 0 spiro atoms. The van der Waals surface area contributed by atoms with Crippen molar-refractivity contribution >= 4 is 5.91 Å². The van der Waals surface area contributed by atoms with Gasteiger partial charge in [-0.25, -0.2) is 0 Å². The van der Waals surface area contributed by atoms with E-state index < -0.39 is 0 Å². The molecule has 5 N–H and O–H groups in total. The first kappa shape index (κ1) is 9.39. The number of hydrogen-bond donors (Lipinski definition) is 3. The number of primary amides is 1. The molecule has 0 fully saturated rings. The predicted octanol–water partition coefficient (Wildman–Crippen LogP) is -1.20. The minimum Gasteiger partial charge on any atom is -0.368 e. The van der Waals surface area contributed by atoms with Crippen LogP contribution in [0.5, 0.6) is 0 Å². The summed E-state index contributed by atoms with van der Waals surface area (Å²) in [5.41, 5.74) is 10.3. The molecule has 0 saturated heterocycles. The van der Waals surface area contributed by atoms with Gasteiger partial charge in [0.25, 0.3) is 0 Å². The van der Waals surface area contributed by atoms with Crippen molar-refractivity contribution in [2.75, 3.05) is 13.6 Å². The zero-order valence-corrected chi connectivity index (χ0v) is 6.26. The van der Waals surface area contributed by atoms with Crippen LogP contribution in [0.25, 0.3) is 0 Å². The quantitative estimate of drug-likeness (QED) is 0.454. The van der Waals surface area contributed by atoms with Gasteiger partial charge >= 0.3 is 0 Å². The van der Waals surface area contributed by atoms with E-state index in [0.29, 0.717) is 6.54 Å². The number of likely N-dealkylation sites (N-methyl/N-ethyl adjacent to an activating group) is 1. The van der Waals surface area contributed by atoms with Crippen molar-refractivity contribution in [2.24, 2.45) is 11.5 Å². The Labute approximate surface area is 61.0 Å². The van der Waals surface area contributed by atoms with Crippen LogP contribution in [0, 0.1) is 0 Å². The number of carbonyl (C=O) groups is 1. The molecule has 0 rings (SSSR count). The van der Waals surface area contributed by atoms with Crippen molar-refractivity contribution in [3.05, 3.63) is 0 Å². The highest BCUT2D eigenvalue weighted by atomic mass is 16.1. The SMILES string of the molecule is CN[C@@H](CCCN)C(N)=O. The van der Waals surface area contributed by atoms with Gasteiger partial charge in [0.2, 0.25) is 5.91 Å². The van der Waals surface area contributed by atoms with E-state index in [1.54, 1.807) is 7.05 Å². The summed E-state index contributed by atoms with van der Waals surface area (Å²) >= 11 is 0. The van der Waals surface area contributed by atoms with Gasteiger partial charge in [0.05, 0.1) is 6.04 Å².